The number of rotatable bonds is 10. The van der Waals surface area contributed by atoms with Crippen molar-refractivity contribution in [2.24, 2.45) is 0 Å². The SMILES string of the molecule is CCC(=O)c1ccc(OCC(=O)NC[C@H]2CCCN2CCOC)cc1. The van der Waals surface area contributed by atoms with Crippen LogP contribution in [-0.4, -0.2) is 62.6 Å². The second-order valence-corrected chi connectivity index (χ2v) is 6.22. The fraction of sp³-hybridized carbons (Fsp3) is 0.579. The third kappa shape index (κ3) is 6.14. The van der Waals surface area contributed by atoms with Crippen LogP contribution in [0.15, 0.2) is 24.3 Å². The van der Waals surface area contributed by atoms with E-state index in [1.807, 2.05) is 6.92 Å². The number of methoxy groups -OCH3 is 1. The van der Waals surface area contributed by atoms with E-state index in [4.69, 9.17) is 9.47 Å². The molecule has 2 rings (SSSR count). The first kappa shape index (κ1) is 19.4. The zero-order valence-electron chi connectivity index (χ0n) is 15.1. The van der Waals surface area contributed by atoms with Gasteiger partial charge in [-0.1, -0.05) is 6.92 Å². The molecule has 0 saturated carbocycles. The monoisotopic (exact) mass is 348 g/mol. The zero-order valence-corrected chi connectivity index (χ0v) is 15.1. The van der Waals surface area contributed by atoms with Crippen LogP contribution in [0.1, 0.15) is 36.5 Å². The molecular formula is C19H28N2O4. The van der Waals surface area contributed by atoms with Gasteiger partial charge in [0.05, 0.1) is 6.61 Å². The molecule has 0 unspecified atom stereocenters. The van der Waals surface area contributed by atoms with E-state index in [9.17, 15) is 9.59 Å². The Kier molecular flexibility index (Phi) is 7.88. The molecule has 0 aliphatic carbocycles. The first-order chi connectivity index (χ1) is 12.1. The molecule has 6 heteroatoms. The highest BCUT2D eigenvalue weighted by Gasteiger charge is 2.24. The summed E-state index contributed by atoms with van der Waals surface area (Å²) < 4.78 is 10.6. The third-order valence-corrected chi connectivity index (χ3v) is 4.48. The van der Waals surface area contributed by atoms with E-state index in [1.54, 1.807) is 31.4 Å². The summed E-state index contributed by atoms with van der Waals surface area (Å²) in [5.74, 6) is 0.552. The van der Waals surface area contributed by atoms with Crippen LogP contribution in [0.2, 0.25) is 0 Å². The highest BCUT2D eigenvalue weighted by Crippen LogP contribution is 2.16. The summed E-state index contributed by atoms with van der Waals surface area (Å²) in [5, 5.41) is 2.94. The molecule has 0 aromatic heterocycles. The van der Waals surface area contributed by atoms with Gasteiger partial charge < -0.3 is 14.8 Å². The largest absolute Gasteiger partial charge is 0.484 e. The van der Waals surface area contributed by atoms with Crippen LogP contribution in [0.5, 0.6) is 5.75 Å². The molecule has 1 aromatic rings. The van der Waals surface area contributed by atoms with Crippen LogP contribution in [-0.2, 0) is 9.53 Å². The highest BCUT2D eigenvalue weighted by molar-refractivity contribution is 5.95. The summed E-state index contributed by atoms with van der Waals surface area (Å²) in [6.45, 7) is 5.11. The first-order valence-electron chi connectivity index (χ1n) is 8.89. The molecule has 1 heterocycles. The lowest BCUT2D eigenvalue weighted by Gasteiger charge is -2.24. The fourth-order valence-electron chi connectivity index (χ4n) is 3.00. The number of amides is 1. The summed E-state index contributed by atoms with van der Waals surface area (Å²) in [4.78, 5) is 25.9. The van der Waals surface area contributed by atoms with Gasteiger partial charge in [-0.05, 0) is 43.7 Å². The van der Waals surface area contributed by atoms with Crippen molar-refractivity contribution >= 4 is 11.7 Å². The minimum Gasteiger partial charge on any atom is -0.484 e. The predicted molar refractivity (Wildman–Crippen MR) is 96.0 cm³/mol. The Bertz CT molecular complexity index is 559. The molecule has 1 fully saturated rings. The number of likely N-dealkylation sites (tertiary alicyclic amines) is 1. The Morgan fingerprint density at radius 2 is 2.04 bits per heavy atom. The van der Waals surface area contributed by atoms with E-state index in [1.165, 1.54) is 0 Å². The number of hydrogen-bond donors (Lipinski definition) is 1. The lowest BCUT2D eigenvalue weighted by atomic mass is 10.1. The molecular weight excluding hydrogens is 320 g/mol. The van der Waals surface area contributed by atoms with Crippen LogP contribution >= 0.6 is 0 Å². The van der Waals surface area contributed by atoms with Gasteiger partial charge in [0.15, 0.2) is 12.4 Å². The van der Waals surface area contributed by atoms with Gasteiger partial charge in [0.1, 0.15) is 5.75 Å². The van der Waals surface area contributed by atoms with Crippen molar-refractivity contribution in [2.45, 2.75) is 32.2 Å². The number of carbonyl (C=O) groups is 2. The Hall–Kier alpha value is -1.92. The van der Waals surface area contributed by atoms with E-state index in [0.29, 0.717) is 36.9 Å². The fourth-order valence-corrected chi connectivity index (χ4v) is 3.00. The smallest absolute Gasteiger partial charge is 0.257 e. The average molecular weight is 348 g/mol. The van der Waals surface area contributed by atoms with Gasteiger partial charge in [-0.3, -0.25) is 14.5 Å². The lowest BCUT2D eigenvalue weighted by Crippen LogP contribution is -2.42. The Balaban J connectivity index is 1.71. The first-order valence-corrected chi connectivity index (χ1v) is 8.89. The van der Waals surface area contributed by atoms with Crippen LogP contribution in [0.3, 0.4) is 0 Å². The molecule has 0 radical (unpaired) electrons. The van der Waals surface area contributed by atoms with Gasteiger partial charge in [0, 0.05) is 38.2 Å². The Labute approximate surface area is 149 Å². The number of Topliss-reactive ketones (excluding diaryl/α,β-unsaturated/α-hetero) is 1. The van der Waals surface area contributed by atoms with Gasteiger partial charge in [0.25, 0.3) is 5.91 Å². The molecule has 1 atom stereocenters. The molecule has 1 aliphatic rings. The van der Waals surface area contributed by atoms with Gasteiger partial charge in [-0.2, -0.15) is 0 Å². The van der Waals surface area contributed by atoms with E-state index < -0.39 is 0 Å². The number of benzene rings is 1. The molecule has 0 spiro atoms. The van der Waals surface area contributed by atoms with E-state index >= 15 is 0 Å². The molecule has 25 heavy (non-hydrogen) atoms. The summed E-state index contributed by atoms with van der Waals surface area (Å²) in [6, 6.07) is 7.27. The number of ether oxygens (including phenoxy) is 2. The molecule has 0 bridgehead atoms. The zero-order chi connectivity index (χ0) is 18.1. The van der Waals surface area contributed by atoms with Crippen LogP contribution < -0.4 is 10.1 Å². The summed E-state index contributed by atoms with van der Waals surface area (Å²) in [7, 11) is 1.70. The maximum absolute atomic E-state index is 12.0. The van der Waals surface area contributed by atoms with E-state index in [0.717, 1.165) is 25.9 Å². The third-order valence-electron chi connectivity index (χ3n) is 4.48. The Morgan fingerprint density at radius 3 is 2.72 bits per heavy atom. The Morgan fingerprint density at radius 1 is 1.28 bits per heavy atom. The standard InChI is InChI=1S/C19H28N2O4/c1-3-18(22)15-6-8-17(9-7-15)25-14-19(23)20-13-16-5-4-10-21(16)11-12-24-2/h6-9,16H,3-5,10-14H2,1-2H3,(H,20,23)/t16-/m1/s1. The predicted octanol–water partition coefficient (Wildman–Crippen LogP) is 1.89. The lowest BCUT2D eigenvalue weighted by molar-refractivity contribution is -0.123. The molecule has 1 aliphatic heterocycles. The second-order valence-electron chi connectivity index (χ2n) is 6.22. The number of hydrogen-bond acceptors (Lipinski definition) is 5. The normalized spacial score (nSPS) is 17.4. The summed E-state index contributed by atoms with van der Waals surface area (Å²) in [5.41, 5.74) is 0.664. The van der Waals surface area contributed by atoms with Crippen molar-refractivity contribution in [1.29, 1.82) is 0 Å². The molecule has 1 amide bonds. The quantitative estimate of drug-likeness (QED) is 0.654. The van der Waals surface area contributed by atoms with Gasteiger partial charge >= 0.3 is 0 Å². The maximum atomic E-state index is 12.0. The van der Waals surface area contributed by atoms with Crippen LogP contribution in [0.25, 0.3) is 0 Å². The van der Waals surface area contributed by atoms with E-state index in [-0.39, 0.29) is 18.3 Å². The van der Waals surface area contributed by atoms with Gasteiger partial charge in [0.2, 0.25) is 0 Å². The number of nitrogens with one attached hydrogen (secondary N) is 1. The molecule has 1 N–H and O–H groups in total. The molecule has 138 valence electrons. The minimum atomic E-state index is -0.132. The van der Waals surface area contributed by atoms with Crippen molar-refractivity contribution in [3.63, 3.8) is 0 Å². The molecule has 6 nitrogen and oxygen atoms in total. The van der Waals surface area contributed by atoms with Crippen molar-refractivity contribution in [1.82, 2.24) is 10.2 Å². The number of ketones is 1. The highest BCUT2D eigenvalue weighted by atomic mass is 16.5. The van der Waals surface area contributed by atoms with Crippen molar-refractivity contribution in [2.75, 3.05) is 40.0 Å². The van der Waals surface area contributed by atoms with E-state index in [2.05, 4.69) is 10.2 Å². The molecule has 1 saturated heterocycles. The maximum Gasteiger partial charge on any atom is 0.257 e. The van der Waals surface area contributed by atoms with Crippen LogP contribution in [0.4, 0.5) is 0 Å². The summed E-state index contributed by atoms with van der Waals surface area (Å²) in [6.07, 6.45) is 2.73. The molecule has 1 aromatic carbocycles. The number of nitrogens with zero attached hydrogens (tertiary/aromatic N) is 1. The summed E-state index contributed by atoms with van der Waals surface area (Å²) >= 11 is 0. The van der Waals surface area contributed by atoms with Crippen molar-refractivity contribution in [3.8, 4) is 5.75 Å². The topological polar surface area (TPSA) is 67.9 Å². The van der Waals surface area contributed by atoms with Gasteiger partial charge in [-0.15, -0.1) is 0 Å². The van der Waals surface area contributed by atoms with Crippen molar-refractivity contribution < 1.29 is 19.1 Å². The van der Waals surface area contributed by atoms with Gasteiger partial charge in [-0.25, -0.2) is 0 Å². The van der Waals surface area contributed by atoms with Crippen molar-refractivity contribution in [3.05, 3.63) is 29.8 Å². The van der Waals surface area contributed by atoms with Crippen LogP contribution in [0, 0.1) is 0 Å². The average Bonchev–Trinajstić information content (AvgIpc) is 3.10. The second kappa shape index (κ2) is 10.2. The number of carbonyl (C=O) groups excluding carboxylic acids is 2. The minimum absolute atomic E-state index is 0.0220.